The second kappa shape index (κ2) is 5.58. The van der Waals surface area contributed by atoms with Crippen molar-refractivity contribution in [2.75, 3.05) is 6.54 Å². The minimum absolute atomic E-state index is 0.647. The van der Waals surface area contributed by atoms with Gasteiger partial charge >= 0.3 is 0 Å². The van der Waals surface area contributed by atoms with Gasteiger partial charge in [-0.25, -0.2) is 4.68 Å². The monoisotopic (exact) mass is 265 g/mol. The summed E-state index contributed by atoms with van der Waals surface area (Å²) in [7, 11) is 0. The summed E-state index contributed by atoms with van der Waals surface area (Å²) in [6.07, 6.45) is 0. The summed E-state index contributed by atoms with van der Waals surface area (Å²) in [5.41, 5.74) is 2.09. The molecule has 1 N–H and O–H groups in total. The van der Waals surface area contributed by atoms with E-state index in [0.717, 1.165) is 34.6 Å². The molecule has 2 aromatic heterocycles. The Hall–Kier alpha value is -1.27. The molecular formula is C12H19N5S. The molecule has 0 aliphatic rings. The van der Waals surface area contributed by atoms with E-state index in [2.05, 4.69) is 34.5 Å². The number of nitrogens with one attached hydrogen (secondary N) is 1. The Morgan fingerprint density at radius 1 is 1.33 bits per heavy atom. The van der Waals surface area contributed by atoms with Crippen molar-refractivity contribution in [3.8, 4) is 5.13 Å². The fourth-order valence-electron chi connectivity index (χ4n) is 1.69. The van der Waals surface area contributed by atoms with Crippen LogP contribution in [0.25, 0.3) is 5.13 Å². The molecule has 5 nitrogen and oxygen atoms in total. The van der Waals surface area contributed by atoms with E-state index < -0.39 is 0 Å². The van der Waals surface area contributed by atoms with Gasteiger partial charge in [0.05, 0.1) is 5.69 Å². The standard InChI is InChI=1S/C12H19N5S/c1-8(2)6-13-7-11-14-15-12(18-11)17-10(4)5-9(3)16-17/h5,8,13H,6-7H2,1-4H3. The molecule has 6 heteroatoms. The first kappa shape index (κ1) is 13.2. The predicted octanol–water partition coefficient (Wildman–Crippen LogP) is 2.09. The van der Waals surface area contributed by atoms with Crippen LogP contribution in [-0.2, 0) is 6.54 Å². The van der Waals surface area contributed by atoms with Crippen LogP contribution in [0.15, 0.2) is 6.07 Å². The quantitative estimate of drug-likeness (QED) is 0.899. The largest absolute Gasteiger partial charge is 0.310 e. The third kappa shape index (κ3) is 3.14. The topological polar surface area (TPSA) is 55.6 Å². The van der Waals surface area contributed by atoms with Gasteiger partial charge in [0, 0.05) is 12.2 Å². The van der Waals surface area contributed by atoms with Crippen molar-refractivity contribution < 1.29 is 0 Å². The van der Waals surface area contributed by atoms with E-state index in [1.165, 1.54) is 0 Å². The summed E-state index contributed by atoms with van der Waals surface area (Å²) in [4.78, 5) is 0. The molecule has 0 bridgehead atoms. The Kier molecular flexibility index (Phi) is 4.08. The molecule has 18 heavy (non-hydrogen) atoms. The van der Waals surface area contributed by atoms with Crippen LogP contribution in [0.4, 0.5) is 0 Å². The molecule has 0 saturated heterocycles. The van der Waals surface area contributed by atoms with E-state index in [1.807, 2.05) is 24.6 Å². The van der Waals surface area contributed by atoms with Crippen molar-refractivity contribution in [2.45, 2.75) is 34.2 Å². The van der Waals surface area contributed by atoms with Gasteiger partial charge in [-0.3, -0.25) is 0 Å². The van der Waals surface area contributed by atoms with E-state index >= 15 is 0 Å². The average molecular weight is 265 g/mol. The first-order valence-electron chi connectivity index (χ1n) is 6.13. The van der Waals surface area contributed by atoms with Crippen LogP contribution < -0.4 is 5.32 Å². The summed E-state index contributed by atoms with van der Waals surface area (Å²) >= 11 is 1.58. The molecule has 0 spiro atoms. The molecule has 2 heterocycles. The molecule has 0 saturated carbocycles. The van der Waals surface area contributed by atoms with Crippen molar-refractivity contribution in [1.82, 2.24) is 25.3 Å². The first-order valence-corrected chi connectivity index (χ1v) is 6.94. The molecule has 2 rings (SSSR count). The van der Waals surface area contributed by atoms with Crippen LogP contribution in [0, 0.1) is 19.8 Å². The van der Waals surface area contributed by atoms with Crippen molar-refractivity contribution in [1.29, 1.82) is 0 Å². The first-order chi connectivity index (χ1) is 8.56. The Morgan fingerprint density at radius 3 is 2.72 bits per heavy atom. The van der Waals surface area contributed by atoms with E-state index in [9.17, 15) is 0 Å². The van der Waals surface area contributed by atoms with Gasteiger partial charge in [-0.05, 0) is 32.4 Å². The van der Waals surface area contributed by atoms with E-state index in [-0.39, 0.29) is 0 Å². The lowest BCUT2D eigenvalue weighted by Crippen LogP contribution is -2.18. The number of hydrogen-bond donors (Lipinski definition) is 1. The van der Waals surface area contributed by atoms with Crippen molar-refractivity contribution in [3.63, 3.8) is 0 Å². The highest BCUT2D eigenvalue weighted by Gasteiger charge is 2.09. The maximum Gasteiger partial charge on any atom is 0.233 e. The second-order valence-corrected chi connectivity index (χ2v) is 5.88. The van der Waals surface area contributed by atoms with Gasteiger partial charge < -0.3 is 5.32 Å². The van der Waals surface area contributed by atoms with Gasteiger partial charge in [-0.2, -0.15) is 5.10 Å². The van der Waals surface area contributed by atoms with Gasteiger partial charge in [0.25, 0.3) is 0 Å². The van der Waals surface area contributed by atoms with E-state index in [0.29, 0.717) is 5.92 Å². The number of nitrogens with zero attached hydrogens (tertiary/aromatic N) is 4. The maximum absolute atomic E-state index is 4.41. The van der Waals surface area contributed by atoms with E-state index in [4.69, 9.17) is 0 Å². The molecule has 0 radical (unpaired) electrons. The van der Waals surface area contributed by atoms with Crippen molar-refractivity contribution >= 4 is 11.3 Å². The molecule has 0 aliphatic heterocycles. The predicted molar refractivity (Wildman–Crippen MR) is 73.0 cm³/mol. The third-order valence-electron chi connectivity index (χ3n) is 2.48. The van der Waals surface area contributed by atoms with Gasteiger partial charge in [0.2, 0.25) is 5.13 Å². The molecule has 98 valence electrons. The molecule has 0 aliphatic carbocycles. The zero-order valence-electron chi connectivity index (χ0n) is 11.3. The Labute approximate surface area is 111 Å². The molecule has 0 atom stereocenters. The molecular weight excluding hydrogens is 246 g/mol. The van der Waals surface area contributed by atoms with Gasteiger partial charge in [-0.15, -0.1) is 10.2 Å². The summed E-state index contributed by atoms with van der Waals surface area (Å²) in [5.74, 6) is 0.647. The van der Waals surface area contributed by atoms with Gasteiger partial charge in [-0.1, -0.05) is 25.2 Å². The zero-order valence-corrected chi connectivity index (χ0v) is 12.1. The lowest BCUT2D eigenvalue weighted by atomic mass is 10.2. The number of aryl methyl sites for hydroxylation is 2. The van der Waals surface area contributed by atoms with Crippen LogP contribution in [0.2, 0.25) is 0 Å². The molecule has 0 aromatic carbocycles. The van der Waals surface area contributed by atoms with Crippen LogP contribution in [0.3, 0.4) is 0 Å². The SMILES string of the molecule is Cc1cc(C)n(-c2nnc(CNCC(C)C)s2)n1. The molecule has 0 unspecified atom stereocenters. The second-order valence-electron chi connectivity index (χ2n) is 4.84. The van der Waals surface area contributed by atoms with Crippen molar-refractivity contribution in [3.05, 3.63) is 22.5 Å². The Morgan fingerprint density at radius 2 is 2.11 bits per heavy atom. The number of aromatic nitrogens is 4. The minimum atomic E-state index is 0.647. The van der Waals surface area contributed by atoms with Crippen LogP contribution in [0.1, 0.15) is 30.2 Å². The molecule has 2 aromatic rings. The normalized spacial score (nSPS) is 11.4. The van der Waals surface area contributed by atoms with Crippen molar-refractivity contribution in [2.24, 2.45) is 5.92 Å². The van der Waals surface area contributed by atoms with Gasteiger partial charge in [0.1, 0.15) is 5.01 Å². The number of hydrogen-bond acceptors (Lipinski definition) is 5. The maximum atomic E-state index is 4.41. The lowest BCUT2D eigenvalue weighted by molar-refractivity contribution is 0.550. The highest BCUT2D eigenvalue weighted by molar-refractivity contribution is 7.13. The summed E-state index contributed by atoms with van der Waals surface area (Å²) in [6.45, 7) is 10.2. The minimum Gasteiger partial charge on any atom is -0.310 e. The average Bonchev–Trinajstić information content (AvgIpc) is 2.85. The highest BCUT2D eigenvalue weighted by atomic mass is 32.1. The molecule has 0 amide bonds. The summed E-state index contributed by atoms with van der Waals surface area (Å²) in [6, 6.07) is 2.04. The smallest absolute Gasteiger partial charge is 0.233 e. The highest BCUT2D eigenvalue weighted by Crippen LogP contribution is 2.16. The zero-order chi connectivity index (χ0) is 13.1. The summed E-state index contributed by atoms with van der Waals surface area (Å²) in [5, 5.41) is 18.0. The van der Waals surface area contributed by atoms with Gasteiger partial charge in [0.15, 0.2) is 0 Å². The Balaban J connectivity index is 2.04. The van der Waals surface area contributed by atoms with E-state index in [1.54, 1.807) is 11.3 Å². The Bertz CT molecular complexity index is 514. The van der Waals surface area contributed by atoms with Crippen LogP contribution >= 0.6 is 11.3 Å². The fourth-order valence-corrected chi connectivity index (χ4v) is 2.51. The van der Waals surface area contributed by atoms with Crippen LogP contribution in [0.5, 0.6) is 0 Å². The summed E-state index contributed by atoms with van der Waals surface area (Å²) < 4.78 is 1.85. The van der Waals surface area contributed by atoms with Crippen LogP contribution in [-0.4, -0.2) is 26.5 Å². The lowest BCUT2D eigenvalue weighted by Gasteiger charge is -2.03. The molecule has 0 fully saturated rings. The number of rotatable bonds is 5. The third-order valence-corrected chi connectivity index (χ3v) is 3.37. The fraction of sp³-hybridized carbons (Fsp3) is 0.583.